The Bertz CT molecular complexity index is 563. The van der Waals surface area contributed by atoms with Crippen LogP contribution in [-0.4, -0.2) is 25.6 Å². The van der Waals surface area contributed by atoms with Crippen LogP contribution in [0.25, 0.3) is 0 Å². The maximum Gasteiger partial charge on any atom is 0.328 e. The highest BCUT2D eigenvalue weighted by Gasteiger charge is 2.16. The van der Waals surface area contributed by atoms with Crippen molar-refractivity contribution in [3.63, 3.8) is 0 Å². The van der Waals surface area contributed by atoms with Gasteiger partial charge in [-0.05, 0) is 24.6 Å². The van der Waals surface area contributed by atoms with Gasteiger partial charge in [0.2, 0.25) is 6.79 Å². The molecular weight excluding hydrogens is 260 g/mol. The van der Waals surface area contributed by atoms with Gasteiger partial charge in [0.1, 0.15) is 0 Å². The first-order chi connectivity index (χ1) is 9.74. The molecular formula is C14H14N2O4. The molecule has 20 heavy (non-hydrogen) atoms. The second-order valence-corrected chi connectivity index (χ2v) is 4.04. The summed E-state index contributed by atoms with van der Waals surface area (Å²) in [5.41, 5.74) is 0.908. The third kappa shape index (κ3) is 3.26. The number of nitrogens with zero attached hydrogens (tertiary/aromatic N) is 2. The number of hydrogen-bond donors (Lipinski definition) is 0. The zero-order chi connectivity index (χ0) is 14.4. The van der Waals surface area contributed by atoms with Crippen molar-refractivity contribution < 1.29 is 19.0 Å². The molecule has 0 amide bonds. The van der Waals surface area contributed by atoms with Crippen LogP contribution >= 0.6 is 0 Å². The Morgan fingerprint density at radius 1 is 1.55 bits per heavy atom. The average Bonchev–Trinajstić information content (AvgIpc) is 2.91. The number of nitriles is 1. The van der Waals surface area contributed by atoms with Gasteiger partial charge in [-0.1, -0.05) is 6.07 Å². The van der Waals surface area contributed by atoms with Gasteiger partial charge in [-0.2, -0.15) is 5.26 Å². The van der Waals surface area contributed by atoms with Crippen LogP contribution < -0.4 is 9.47 Å². The normalized spacial score (nSPS) is 14.0. The zero-order valence-electron chi connectivity index (χ0n) is 11.0. The van der Waals surface area contributed by atoms with Gasteiger partial charge in [0.25, 0.3) is 0 Å². The van der Waals surface area contributed by atoms with Gasteiger partial charge in [0.05, 0.1) is 19.2 Å². The van der Waals surface area contributed by atoms with Crippen LogP contribution in [0.5, 0.6) is 11.5 Å². The highest BCUT2D eigenvalue weighted by Crippen LogP contribution is 2.32. The van der Waals surface area contributed by atoms with E-state index in [1.165, 1.54) is 6.21 Å². The number of rotatable bonds is 5. The smallest absolute Gasteiger partial charge is 0.328 e. The summed E-state index contributed by atoms with van der Waals surface area (Å²) in [7, 11) is 0. The van der Waals surface area contributed by atoms with Crippen molar-refractivity contribution >= 4 is 12.2 Å². The van der Waals surface area contributed by atoms with Crippen LogP contribution in [0, 0.1) is 17.2 Å². The van der Waals surface area contributed by atoms with Gasteiger partial charge >= 0.3 is 5.97 Å². The predicted octanol–water partition coefficient (Wildman–Crippen LogP) is 1.69. The molecule has 1 atom stereocenters. The summed E-state index contributed by atoms with van der Waals surface area (Å²) in [6, 6.07) is 7.33. The lowest BCUT2D eigenvalue weighted by atomic mass is 10.2. The Balaban J connectivity index is 1.95. The van der Waals surface area contributed by atoms with E-state index in [-0.39, 0.29) is 13.4 Å². The van der Waals surface area contributed by atoms with E-state index < -0.39 is 11.9 Å². The number of hydrogen-bond acceptors (Lipinski definition) is 6. The van der Waals surface area contributed by atoms with Crippen LogP contribution in [0.1, 0.15) is 12.5 Å². The minimum atomic E-state index is -0.969. The molecule has 2 rings (SSSR count). The Morgan fingerprint density at radius 3 is 3.10 bits per heavy atom. The first-order valence-electron chi connectivity index (χ1n) is 6.19. The molecule has 104 valence electrons. The summed E-state index contributed by atoms with van der Waals surface area (Å²) in [6.45, 7) is 2.51. The maximum atomic E-state index is 11.4. The van der Waals surface area contributed by atoms with Crippen LogP contribution in [0.3, 0.4) is 0 Å². The lowest BCUT2D eigenvalue weighted by Gasteiger charge is -2.03. The van der Waals surface area contributed by atoms with E-state index in [9.17, 15) is 4.79 Å². The highest BCUT2D eigenvalue weighted by atomic mass is 16.7. The fourth-order valence-electron chi connectivity index (χ4n) is 1.68. The summed E-state index contributed by atoms with van der Waals surface area (Å²) >= 11 is 0. The number of ether oxygens (including phenoxy) is 3. The molecule has 6 nitrogen and oxygen atoms in total. The second-order valence-electron chi connectivity index (χ2n) is 4.04. The molecule has 0 saturated heterocycles. The van der Waals surface area contributed by atoms with Crippen molar-refractivity contribution in [2.24, 2.45) is 10.9 Å². The van der Waals surface area contributed by atoms with Crippen LogP contribution in [0.2, 0.25) is 0 Å². The van der Waals surface area contributed by atoms with E-state index in [1.54, 1.807) is 13.0 Å². The number of aliphatic imine (C=N–C) groups is 1. The molecule has 1 aromatic carbocycles. The zero-order valence-corrected chi connectivity index (χ0v) is 11.0. The SMILES string of the molecule is CCOC(=O)[C@@H](C#N)C=NCc1ccc2c(c1)OCO2. The largest absolute Gasteiger partial charge is 0.465 e. The molecule has 1 aliphatic heterocycles. The van der Waals surface area contributed by atoms with E-state index >= 15 is 0 Å². The van der Waals surface area contributed by atoms with Gasteiger partial charge < -0.3 is 14.2 Å². The number of carbonyl (C=O) groups is 1. The first kappa shape index (κ1) is 13.9. The summed E-state index contributed by atoms with van der Waals surface area (Å²) in [4.78, 5) is 15.5. The summed E-state index contributed by atoms with van der Waals surface area (Å²) in [5, 5.41) is 8.87. The molecule has 1 heterocycles. The Kier molecular flexibility index (Phi) is 4.56. The van der Waals surface area contributed by atoms with Crippen LogP contribution in [0.15, 0.2) is 23.2 Å². The quantitative estimate of drug-likeness (QED) is 0.603. The molecule has 0 aromatic heterocycles. The van der Waals surface area contributed by atoms with Crippen molar-refractivity contribution in [3.05, 3.63) is 23.8 Å². The summed E-state index contributed by atoms with van der Waals surface area (Å²) in [6.07, 6.45) is 1.31. The van der Waals surface area contributed by atoms with Crippen molar-refractivity contribution in [3.8, 4) is 17.6 Å². The van der Waals surface area contributed by atoms with Crippen LogP contribution in [-0.2, 0) is 16.1 Å². The molecule has 1 aromatic rings. The third-order valence-corrected chi connectivity index (χ3v) is 2.64. The fraction of sp³-hybridized carbons (Fsp3) is 0.357. The highest BCUT2D eigenvalue weighted by molar-refractivity contribution is 5.92. The summed E-state index contributed by atoms with van der Waals surface area (Å²) in [5.74, 6) is -0.160. The van der Waals surface area contributed by atoms with E-state index in [0.717, 1.165) is 5.56 Å². The number of fused-ring (bicyclic) bond motifs is 1. The Hall–Kier alpha value is -2.55. The molecule has 0 spiro atoms. The van der Waals surface area contributed by atoms with E-state index in [0.29, 0.717) is 18.0 Å². The topological polar surface area (TPSA) is 80.9 Å². The van der Waals surface area contributed by atoms with E-state index in [2.05, 4.69) is 4.99 Å². The lowest BCUT2D eigenvalue weighted by molar-refractivity contribution is -0.143. The lowest BCUT2D eigenvalue weighted by Crippen LogP contribution is -2.17. The molecule has 0 radical (unpaired) electrons. The van der Waals surface area contributed by atoms with Gasteiger partial charge in [-0.15, -0.1) is 0 Å². The standard InChI is InChI=1S/C14H14N2O4/c1-2-18-14(17)11(6-15)8-16-7-10-3-4-12-13(5-10)20-9-19-12/h3-5,8,11H,2,7,9H2,1H3/t11-/m0/s1. The molecule has 1 aliphatic rings. The van der Waals surface area contributed by atoms with Crippen molar-refractivity contribution in [1.29, 1.82) is 5.26 Å². The average molecular weight is 274 g/mol. The van der Waals surface area contributed by atoms with Gasteiger partial charge in [0.15, 0.2) is 17.4 Å². The monoisotopic (exact) mass is 274 g/mol. The minimum absolute atomic E-state index is 0.224. The molecule has 0 aliphatic carbocycles. The third-order valence-electron chi connectivity index (χ3n) is 2.64. The minimum Gasteiger partial charge on any atom is -0.465 e. The molecule has 0 N–H and O–H groups in total. The molecule has 0 fully saturated rings. The van der Waals surface area contributed by atoms with Crippen molar-refractivity contribution in [2.45, 2.75) is 13.5 Å². The maximum absolute atomic E-state index is 11.4. The Morgan fingerprint density at radius 2 is 2.35 bits per heavy atom. The first-order valence-corrected chi connectivity index (χ1v) is 6.19. The number of benzene rings is 1. The van der Waals surface area contributed by atoms with Crippen LogP contribution in [0.4, 0.5) is 0 Å². The molecule has 0 saturated carbocycles. The second kappa shape index (κ2) is 6.57. The van der Waals surface area contributed by atoms with Gasteiger partial charge in [-0.25, -0.2) is 0 Å². The Labute approximate surface area is 116 Å². The van der Waals surface area contributed by atoms with Crippen molar-refractivity contribution in [2.75, 3.05) is 13.4 Å². The number of carbonyl (C=O) groups excluding carboxylic acids is 1. The van der Waals surface area contributed by atoms with Gasteiger partial charge in [0, 0.05) is 6.21 Å². The summed E-state index contributed by atoms with van der Waals surface area (Å²) < 4.78 is 15.2. The van der Waals surface area contributed by atoms with E-state index in [4.69, 9.17) is 19.5 Å². The van der Waals surface area contributed by atoms with Gasteiger partial charge in [-0.3, -0.25) is 9.79 Å². The molecule has 0 bridgehead atoms. The molecule has 0 unspecified atom stereocenters. The van der Waals surface area contributed by atoms with Crippen molar-refractivity contribution in [1.82, 2.24) is 0 Å². The van der Waals surface area contributed by atoms with E-state index in [1.807, 2.05) is 18.2 Å². The fourth-order valence-corrected chi connectivity index (χ4v) is 1.68. The number of esters is 1. The predicted molar refractivity (Wildman–Crippen MR) is 70.5 cm³/mol. The molecule has 6 heteroatoms.